The normalized spacial score (nSPS) is 17.6. The Kier molecular flexibility index (Phi) is 5.76. The summed E-state index contributed by atoms with van der Waals surface area (Å²) in [6, 6.07) is 15.6. The van der Waals surface area contributed by atoms with Crippen LogP contribution in [-0.4, -0.2) is 30.5 Å². The number of fused-ring (bicyclic) bond motifs is 1. The summed E-state index contributed by atoms with van der Waals surface area (Å²) in [6.07, 6.45) is 4.66. The number of nitrogens with one attached hydrogen (secondary N) is 1. The second kappa shape index (κ2) is 9.02. The number of allylic oxidation sites excluding steroid dienone is 1. The minimum Gasteiger partial charge on any atom is -0.497 e. The van der Waals surface area contributed by atoms with Crippen molar-refractivity contribution < 1.29 is 18.9 Å². The molecule has 0 amide bonds. The highest BCUT2D eigenvalue weighted by Crippen LogP contribution is 2.47. The maximum Gasteiger partial charge on any atom is 0.244 e. The molecule has 0 saturated heterocycles. The zero-order valence-corrected chi connectivity index (χ0v) is 19.1. The molecular weight excluding hydrogens is 432 g/mol. The van der Waals surface area contributed by atoms with Crippen molar-refractivity contribution in [1.29, 1.82) is 5.26 Å². The number of nitriles is 1. The van der Waals surface area contributed by atoms with Gasteiger partial charge >= 0.3 is 0 Å². The third kappa shape index (κ3) is 3.79. The number of nitrogens with zero attached hydrogens (tertiary/aromatic N) is 2. The van der Waals surface area contributed by atoms with Gasteiger partial charge in [0.25, 0.3) is 0 Å². The van der Waals surface area contributed by atoms with Gasteiger partial charge in [0.05, 0.1) is 37.5 Å². The zero-order chi connectivity index (χ0) is 23.7. The van der Waals surface area contributed by atoms with Crippen LogP contribution in [0.5, 0.6) is 23.1 Å². The van der Waals surface area contributed by atoms with Crippen molar-refractivity contribution in [2.24, 2.45) is 5.73 Å². The molecule has 8 nitrogen and oxygen atoms in total. The number of aromatic amines is 1. The highest BCUT2D eigenvalue weighted by atomic mass is 16.5. The predicted molar refractivity (Wildman–Crippen MR) is 126 cm³/mol. The second-order valence-corrected chi connectivity index (χ2v) is 8.41. The Hall–Kier alpha value is -4.12. The molecule has 0 spiro atoms. The number of aromatic nitrogens is 2. The van der Waals surface area contributed by atoms with E-state index in [1.165, 1.54) is 12.8 Å². The van der Waals surface area contributed by atoms with Gasteiger partial charge < -0.3 is 24.7 Å². The van der Waals surface area contributed by atoms with Crippen LogP contribution in [0.1, 0.15) is 42.7 Å². The molecule has 2 heterocycles. The smallest absolute Gasteiger partial charge is 0.244 e. The quantitative estimate of drug-likeness (QED) is 0.553. The molecule has 5 rings (SSSR count). The lowest BCUT2D eigenvalue weighted by Gasteiger charge is -2.25. The average molecular weight is 459 g/mol. The summed E-state index contributed by atoms with van der Waals surface area (Å²) in [5, 5.41) is 17.4. The van der Waals surface area contributed by atoms with E-state index in [-0.39, 0.29) is 12.0 Å². The Labute approximate surface area is 197 Å². The summed E-state index contributed by atoms with van der Waals surface area (Å²) < 4.78 is 22.9. The molecule has 0 bridgehead atoms. The van der Waals surface area contributed by atoms with Crippen molar-refractivity contribution >= 4 is 0 Å². The molecule has 1 aromatic heterocycles. The summed E-state index contributed by atoms with van der Waals surface area (Å²) >= 11 is 0. The van der Waals surface area contributed by atoms with Gasteiger partial charge in [0, 0.05) is 5.56 Å². The molecule has 1 aliphatic carbocycles. The topological polar surface area (TPSA) is 115 Å². The lowest BCUT2D eigenvalue weighted by Crippen LogP contribution is -2.21. The Balaban J connectivity index is 1.59. The first kappa shape index (κ1) is 21.7. The first-order valence-electron chi connectivity index (χ1n) is 11.3. The fraction of sp³-hybridized carbons (Fsp3) is 0.308. The SMILES string of the molecule is COc1ccc(-c2[nH]nc3c2C(c2ccc(OC4CCCC4)c(OC)c2)C(C#N)=C(N)O3)cc1. The molecule has 2 aliphatic rings. The molecule has 0 radical (unpaired) electrons. The van der Waals surface area contributed by atoms with Crippen molar-refractivity contribution in [3.05, 3.63) is 65.0 Å². The molecule has 2 aromatic carbocycles. The first-order chi connectivity index (χ1) is 16.6. The molecule has 8 heteroatoms. The molecular formula is C26H26N4O4. The van der Waals surface area contributed by atoms with Crippen LogP contribution in [-0.2, 0) is 0 Å². The second-order valence-electron chi connectivity index (χ2n) is 8.41. The number of benzene rings is 2. The number of hydrogen-bond acceptors (Lipinski definition) is 7. The van der Waals surface area contributed by atoms with Crippen LogP contribution < -0.4 is 24.7 Å². The van der Waals surface area contributed by atoms with E-state index in [2.05, 4.69) is 16.3 Å². The molecule has 34 heavy (non-hydrogen) atoms. The summed E-state index contributed by atoms with van der Waals surface area (Å²) in [5.41, 5.74) is 9.65. The summed E-state index contributed by atoms with van der Waals surface area (Å²) in [7, 11) is 3.24. The van der Waals surface area contributed by atoms with Crippen molar-refractivity contribution in [3.63, 3.8) is 0 Å². The number of methoxy groups -OCH3 is 2. The highest BCUT2D eigenvalue weighted by molar-refractivity contribution is 5.71. The van der Waals surface area contributed by atoms with Crippen molar-refractivity contribution in [2.75, 3.05) is 14.2 Å². The first-order valence-corrected chi connectivity index (χ1v) is 11.3. The van der Waals surface area contributed by atoms with E-state index >= 15 is 0 Å². The van der Waals surface area contributed by atoms with Crippen LogP contribution in [0.25, 0.3) is 11.3 Å². The van der Waals surface area contributed by atoms with Gasteiger partial charge in [-0.05, 0) is 67.6 Å². The molecule has 3 N–H and O–H groups in total. The van der Waals surface area contributed by atoms with E-state index in [0.717, 1.165) is 41.0 Å². The monoisotopic (exact) mass is 458 g/mol. The lowest BCUT2D eigenvalue weighted by atomic mass is 9.83. The van der Waals surface area contributed by atoms with Crippen LogP contribution >= 0.6 is 0 Å². The summed E-state index contributed by atoms with van der Waals surface area (Å²) in [5.74, 6) is 1.95. The molecule has 1 aliphatic heterocycles. The standard InChI is InChI=1S/C26H26N4O4/c1-31-17-10-7-15(8-11-17)24-23-22(19(14-27)25(28)34-26(23)30-29-24)16-9-12-20(21(13-16)32-2)33-18-5-3-4-6-18/h7-13,18,22H,3-6,28H2,1-2H3,(H,29,30). The van der Waals surface area contributed by atoms with Gasteiger partial charge in [0.1, 0.15) is 17.4 Å². The third-order valence-electron chi connectivity index (χ3n) is 6.43. The molecule has 1 saturated carbocycles. The average Bonchev–Trinajstić information content (AvgIpc) is 3.53. The van der Waals surface area contributed by atoms with E-state index in [9.17, 15) is 5.26 Å². The number of rotatable bonds is 6. The van der Waals surface area contributed by atoms with E-state index in [1.54, 1.807) is 14.2 Å². The van der Waals surface area contributed by atoms with Crippen molar-refractivity contribution in [2.45, 2.75) is 37.7 Å². The molecule has 3 aromatic rings. The minimum atomic E-state index is -0.487. The van der Waals surface area contributed by atoms with Crippen LogP contribution in [0.15, 0.2) is 53.9 Å². The van der Waals surface area contributed by atoms with Crippen LogP contribution in [0.2, 0.25) is 0 Å². The number of H-pyrrole nitrogens is 1. The van der Waals surface area contributed by atoms with E-state index in [0.29, 0.717) is 23.0 Å². The van der Waals surface area contributed by atoms with Crippen LogP contribution in [0, 0.1) is 11.3 Å². The third-order valence-corrected chi connectivity index (χ3v) is 6.43. The minimum absolute atomic E-state index is 0.0398. The Morgan fingerprint density at radius 3 is 2.50 bits per heavy atom. The Bertz CT molecular complexity index is 1270. The maximum atomic E-state index is 9.99. The lowest BCUT2D eigenvalue weighted by molar-refractivity contribution is 0.200. The number of ether oxygens (including phenoxy) is 4. The van der Waals surface area contributed by atoms with Gasteiger partial charge in [0.2, 0.25) is 11.8 Å². The fourth-order valence-corrected chi connectivity index (χ4v) is 4.70. The van der Waals surface area contributed by atoms with Gasteiger partial charge in [0.15, 0.2) is 11.5 Å². The summed E-state index contributed by atoms with van der Waals surface area (Å²) in [4.78, 5) is 0. The van der Waals surface area contributed by atoms with Gasteiger partial charge in [-0.25, -0.2) is 0 Å². The Morgan fingerprint density at radius 1 is 1.06 bits per heavy atom. The molecule has 1 unspecified atom stereocenters. The van der Waals surface area contributed by atoms with Gasteiger partial charge in [-0.3, -0.25) is 5.10 Å². The van der Waals surface area contributed by atoms with E-state index in [1.807, 2.05) is 42.5 Å². The Morgan fingerprint density at radius 2 is 1.82 bits per heavy atom. The maximum absolute atomic E-state index is 9.99. The number of nitrogens with two attached hydrogens (primary N) is 1. The predicted octanol–water partition coefficient (Wildman–Crippen LogP) is 4.63. The van der Waals surface area contributed by atoms with Crippen LogP contribution in [0.3, 0.4) is 0 Å². The molecule has 174 valence electrons. The fourth-order valence-electron chi connectivity index (χ4n) is 4.70. The summed E-state index contributed by atoms with van der Waals surface area (Å²) in [6.45, 7) is 0. The van der Waals surface area contributed by atoms with Crippen molar-refractivity contribution in [3.8, 4) is 40.5 Å². The van der Waals surface area contributed by atoms with Crippen LogP contribution in [0.4, 0.5) is 0 Å². The van der Waals surface area contributed by atoms with E-state index < -0.39 is 5.92 Å². The van der Waals surface area contributed by atoms with Crippen molar-refractivity contribution in [1.82, 2.24) is 10.2 Å². The zero-order valence-electron chi connectivity index (χ0n) is 19.1. The van der Waals surface area contributed by atoms with E-state index in [4.69, 9.17) is 24.7 Å². The molecule has 1 atom stereocenters. The molecule has 1 fully saturated rings. The van der Waals surface area contributed by atoms with Gasteiger partial charge in [-0.15, -0.1) is 5.10 Å². The van der Waals surface area contributed by atoms with Gasteiger partial charge in [-0.2, -0.15) is 5.26 Å². The highest BCUT2D eigenvalue weighted by Gasteiger charge is 2.36. The van der Waals surface area contributed by atoms with Gasteiger partial charge in [-0.1, -0.05) is 6.07 Å². The number of hydrogen-bond donors (Lipinski definition) is 2. The largest absolute Gasteiger partial charge is 0.497 e.